The highest BCUT2D eigenvalue weighted by Crippen LogP contribution is 2.37. The molecule has 118 valence electrons. The second kappa shape index (κ2) is 5.72. The van der Waals surface area contributed by atoms with Crippen molar-refractivity contribution in [2.45, 2.75) is 26.3 Å². The van der Waals surface area contributed by atoms with Gasteiger partial charge >= 0.3 is 0 Å². The molecular formula is C15H15BrFN2O3-. The van der Waals surface area contributed by atoms with E-state index in [0.717, 1.165) is 4.90 Å². The maximum absolute atomic E-state index is 14.0. The zero-order valence-electron chi connectivity index (χ0n) is 12.6. The quantitative estimate of drug-likeness (QED) is 0.815. The number of pyridine rings is 1. The first kappa shape index (κ1) is 16.5. The Labute approximate surface area is 135 Å². The number of amides is 1. The highest BCUT2D eigenvalue weighted by molar-refractivity contribution is 9.10. The van der Waals surface area contributed by atoms with Gasteiger partial charge < -0.3 is 19.5 Å². The number of benzene rings is 1. The van der Waals surface area contributed by atoms with Gasteiger partial charge in [0.15, 0.2) is 5.82 Å². The molecule has 0 saturated carbocycles. The molecule has 22 heavy (non-hydrogen) atoms. The number of aromatic nitrogens is 1. The number of anilines is 1. The summed E-state index contributed by atoms with van der Waals surface area (Å²) in [5.41, 5.74) is -0.329. The molecule has 0 aliphatic rings. The molecule has 0 unspecified atom stereocenters. The van der Waals surface area contributed by atoms with E-state index in [-0.39, 0.29) is 11.2 Å². The van der Waals surface area contributed by atoms with Gasteiger partial charge in [-0.1, -0.05) is 0 Å². The lowest BCUT2D eigenvalue weighted by atomic mass is 10.1. The van der Waals surface area contributed by atoms with Crippen molar-refractivity contribution in [1.82, 2.24) is 4.98 Å². The van der Waals surface area contributed by atoms with Gasteiger partial charge in [-0.2, -0.15) is 0 Å². The minimum absolute atomic E-state index is 0.128. The third-order valence-electron chi connectivity index (χ3n) is 3.14. The van der Waals surface area contributed by atoms with Gasteiger partial charge in [-0.15, -0.1) is 0 Å². The van der Waals surface area contributed by atoms with E-state index in [0.29, 0.717) is 15.6 Å². The van der Waals surface area contributed by atoms with Crippen LogP contribution in [0.5, 0.6) is 5.75 Å². The Kier molecular flexibility index (Phi) is 4.28. The number of methoxy groups -OCH3 is 1. The summed E-state index contributed by atoms with van der Waals surface area (Å²) in [4.78, 5) is 16.6. The van der Waals surface area contributed by atoms with Crippen LogP contribution in [0, 0.1) is 5.82 Å². The summed E-state index contributed by atoms with van der Waals surface area (Å²) in [6.07, 6.45) is -0.0547. The number of carbonyl (C=O) groups excluding carboxylic acids is 1. The molecule has 0 aliphatic heterocycles. The van der Waals surface area contributed by atoms with E-state index in [4.69, 9.17) is 4.74 Å². The van der Waals surface area contributed by atoms with Crippen LogP contribution in [0.1, 0.15) is 20.8 Å². The van der Waals surface area contributed by atoms with E-state index in [2.05, 4.69) is 20.9 Å². The fourth-order valence-electron chi connectivity index (χ4n) is 2.20. The number of hydrogen-bond acceptors (Lipinski definition) is 4. The molecule has 2 aromatic rings. The summed E-state index contributed by atoms with van der Waals surface area (Å²) in [6.45, 7) is 5.18. The molecule has 0 fully saturated rings. The van der Waals surface area contributed by atoms with E-state index in [1.807, 2.05) is 0 Å². The predicted molar refractivity (Wildman–Crippen MR) is 83.6 cm³/mol. The van der Waals surface area contributed by atoms with Gasteiger partial charge in [-0.25, -0.2) is 4.39 Å². The maximum atomic E-state index is 14.0. The van der Waals surface area contributed by atoms with Crippen LogP contribution in [0.15, 0.2) is 22.8 Å². The first-order valence-electron chi connectivity index (χ1n) is 6.49. The van der Waals surface area contributed by atoms with Crippen LogP contribution >= 0.6 is 15.9 Å². The fraction of sp³-hybridized carbons (Fsp3) is 0.333. The summed E-state index contributed by atoms with van der Waals surface area (Å²) in [5.74, 6) is -0.224. The minimum Gasteiger partial charge on any atom is -0.530 e. The third kappa shape index (κ3) is 2.85. The standard InChI is InChI=1S/C15H16BrFN2O3/c1-15(2,3)19(14(20)21)11-7-18-13-9(12(11)16)5-8(22-4)6-10(13)17/h5-7H,1-4H3,(H,20,21)/p-1. The molecule has 1 aromatic heterocycles. The van der Waals surface area contributed by atoms with Gasteiger partial charge in [0.1, 0.15) is 17.4 Å². The molecule has 1 heterocycles. The van der Waals surface area contributed by atoms with E-state index in [1.165, 1.54) is 19.4 Å². The molecule has 0 aliphatic carbocycles. The SMILES string of the molecule is COc1cc(F)c2ncc(N(C(=O)[O-])C(C)(C)C)c(Br)c2c1. The lowest BCUT2D eigenvalue weighted by Gasteiger charge is -2.38. The van der Waals surface area contributed by atoms with Crippen LogP contribution in [-0.2, 0) is 0 Å². The molecule has 0 N–H and O–H groups in total. The lowest BCUT2D eigenvalue weighted by molar-refractivity contribution is -0.247. The molecule has 7 heteroatoms. The van der Waals surface area contributed by atoms with E-state index in [9.17, 15) is 14.3 Å². The fourth-order valence-corrected chi connectivity index (χ4v) is 2.78. The Morgan fingerprint density at radius 3 is 2.55 bits per heavy atom. The number of rotatable bonds is 2. The van der Waals surface area contributed by atoms with Crippen LogP contribution in [0.2, 0.25) is 0 Å². The van der Waals surface area contributed by atoms with E-state index >= 15 is 0 Å². The molecule has 0 spiro atoms. The molecule has 5 nitrogen and oxygen atoms in total. The van der Waals surface area contributed by atoms with Crippen molar-refractivity contribution in [1.29, 1.82) is 0 Å². The molecule has 1 aromatic carbocycles. The van der Waals surface area contributed by atoms with Crippen molar-refractivity contribution in [3.63, 3.8) is 0 Å². The van der Waals surface area contributed by atoms with Crippen LogP contribution in [0.3, 0.4) is 0 Å². The molecule has 0 bridgehead atoms. The van der Waals surface area contributed by atoms with Crippen LogP contribution in [0.25, 0.3) is 10.9 Å². The summed E-state index contributed by atoms with van der Waals surface area (Å²) < 4.78 is 19.5. The molecular weight excluding hydrogens is 355 g/mol. The first-order chi connectivity index (χ1) is 10.2. The Balaban J connectivity index is 2.76. The largest absolute Gasteiger partial charge is 0.530 e. The summed E-state index contributed by atoms with van der Waals surface area (Å²) in [7, 11) is 1.43. The normalized spacial score (nSPS) is 11.5. The Morgan fingerprint density at radius 2 is 2.05 bits per heavy atom. The second-order valence-corrected chi connectivity index (χ2v) is 6.53. The number of ether oxygens (including phenoxy) is 1. The second-order valence-electron chi connectivity index (χ2n) is 5.73. The van der Waals surface area contributed by atoms with Gasteiger partial charge in [0.2, 0.25) is 0 Å². The van der Waals surface area contributed by atoms with Gasteiger partial charge in [-0.3, -0.25) is 4.98 Å². The highest BCUT2D eigenvalue weighted by atomic mass is 79.9. The lowest BCUT2D eigenvalue weighted by Crippen LogP contribution is -2.52. The number of fused-ring (bicyclic) bond motifs is 1. The Hall–Kier alpha value is -1.89. The molecule has 1 amide bonds. The number of halogens is 2. The number of hydrogen-bond donors (Lipinski definition) is 0. The molecule has 0 saturated heterocycles. The van der Waals surface area contributed by atoms with Crippen LogP contribution < -0.4 is 14.7 Å². The van der Waals surface area contributed by atoms with Gasteiger partial charge in [0.05, 0.1) is 23.5 Å². The van der Waals surface area contributed by atoms with Gasteiger partial charge in [-0.05, 0) is 42.8 Å². The number of nitrogens with zero attached hydrogens (tertiary/aromatic N) is 2. The third-order valence-corrected chi connectivity index (χ3v) is 3.98. The van der Waals surface area contributed by atoms with Crippen molar-refractivity contribution in [2.24, 2.45) is 0 Å². The highest BCUT2D eigenvalue weighted by Gasteiger charge is 2.26. The average molecular weight is 370 g/mol. The monoisotopic (exact) mass is 369 g/mol. The zero-order chi connectivity index (χ0) is 16.7. The maximum Gasteiger partial charge on any atom is 0.153 e. The zero-order valence-corrected chi connectivity index (χ0v) is 14.2. The first-order valence-corrected chi connectivity index (χ1v) is 7.29. The Morgan fingerprint density at radius 1 is 1.41 bits per heavy atom. The van der Waals surface area contributed by atoms with E-state index < -0.39 is 17.4 Å². The van der Waals surface area contributed by atoms with E-state index in [1.54, 1.807) is 26.8 Å². The summed E-state index contributed by atoms with van der Waals surface area (Å²) >= 11 is 3.35. The Bertz CT molecular complexity index is 744. The summed E-state index contributed by atoms with van der Waals surface area (Å²) in [5, 5.41) is 11.9. The minimum atomic E-state index is -1.36. The smallest absolute Gasteiger partial charge is 0.153 e. The van der Waals surface area contributed by atoms with Gasteiger partial charge in [0.25, 0.3) is 0 Å². The summed E-state index contributed by atoms with van der Waals surface area (Å²) in [6, 6.07) is 2.82. The van der Waals surface area contributed by atoms with Crippen molar-refractivity contribution < 1.29 is 19.0 Å². The van der Waals surface area contributed by atoms with Crippen LogP contribution in [0.4, 0.5) is 14.9 Å². The molecule has 0 radical (unpaired) electrons. The topological polar surface area (TPSA) is 65.5 Å². The number of carbonyl (C=O) groups is 1. The van der Waals surface area contributed by atoms with Crippen molar-refractivity contribution >= 4 is 38.6 Å². The molecule has 0 atom stereocenters. The van der Waals surface area contributed by atoms with Crippen molar-refractivity contribution in [3.8, 4) is 5.75 Å². The van der Waals surface area contributed by atoms with Gasteiger partial charge in [0, 0.05) is 17.0 Å². The van der Waals surface area contributed by atoms with Crippen molar-refractivity contribution in [3.05, 3.63) is 28.6 Å². The number of carboxylic acid groups (broad SMARTS) is 1. The van der Waals surface area contributed by atoms with Crippen LogP contribution in [-0.4, -0.2) is 23.7 Å². The van der Waals surface area contributed by atoms with Crippen molar-refractivity contribution in [2.75, 3.05) is 12.0 Å². The average Bonchev–Trinajstić information content (AvgIpc) is 2.40. The predicted octanol–water partition coefficient (Wildman–Crippen LogP) is 3.09. The molecule has 2 rings (SSSR count).